The van der Waals surface area contributed by atoms with Gasteiger partial charge in [0.1, 0.15) is 5.75 Å². The number of hydrogen-bond acceptors (Lipinski definition) is 5. The number of amides is 1. The van der Waals surface area contributed by atoms with E-state index in [1.807, 2.05) is 6.92 Å². The van der Waals surface area contributed by atoms with Crippen molar-refractivity contribution < 1.29 is 17.9 Å². The van der Waals surface area contributed by atoms with Gasteiger partial charge >= 0.3 is 0 Å². The molecule has 0 unspecified atom stereocenters. The smallest absolute Gasteiger partial charge is 0.242 e. The lowest BCUT2D eigenvalue weighted by Crippen LogP contribution is -2.40. The van der Waals surface area contributed by atoms with Crippen molar-refractivity contribution in [3.63, 3.8) is 0 Å². The molecule has 2 rings (SSSR count). The molecule has 0 saturated carbocycles. The molecule has 0 radical (unpaired) electrons. The predicted molar refractivity (Wildman–Crippen MR) is 97.3 cm³/mol. The molecular formula is C17H27N3O4S. The topological polar surface area (TPSA) is 87.7 Å². The van der Waals surface area contributed by atoms with Crippen LogP contribution in [0.1, 0.15) is 26.7 Å². The molecule has 1 aromatic carbocycles. The Kier molecular flexibility index (Phi) is 6.42. The van der Waals surface area contributed by atoms with E-state index >= 15 is 0 Å². The van der Waals surface area contributed by atoms with Crippen LogP contribution >= 0.6 is 0 Å². The highest BCUT2D eigenvalue weighted by molar-refractivity contribution is 7.89. The number of sulfonamides is 1. The number of rotatable bonds is 6. The van der Waals surface area contributed by atoms with Crippen LogP contribution in [0.5, 0.6) is 5.75 Å². The number of nitrogens with zero attached hydrogens (tertiary/aromatic N) is 1. The minimum atomic E-state index is -3.58. The van der Waals surface area contributed by atoms with E-state index in [0.29, 0.717) is 18.0 Å². The van der Waals surface area contributed by atoms with Crippen LogP contribution in [0.4, 0.5) is 5.69 Å². The lowest BCUT2D eigenvalue weighted by Gasteiger charge is -2.27. The van der Waals surface area contributed by atoms with Crippen molar-refractivity contribution >= 4 is 21.6 Å². The van der Waals surface area contributed by atoms with Crippen molar-refractivity contribution in [2.45, 2.75) is 37.6 Å². The highest BCUT2D eigenvalue weighted by Gasteiger charge is 2.26. The average Bonchev–Trinajstić information content (AvgIpc) is 2.56. The Morgan fingerprint density at radius 1 is 1.40 bits per heavy atom. The largest absolute Gasteiger partial charge is 0.492 e. The normalized spacial score (nSPS) is 21.2. The van der Waals surface area contributed by atoms with E-state index < -0.39 is 10.0 Å². The number of piperidine rings is 1. The molecule has 140 valence electrons. The Morgan fingerprint density at radius 3 is 2.72 bits per heavy atom. The van der Waals surface area contributed by atoms with Crippen LogP contribution in [0.2, 0.25) is 0 Å². The summed E-state index contributed by atoms with van der Waals surface area (Å²) in [6.07, 6.45) is 1.52. The summed E-state index contributed by atoms with van der Waals surface area (Å²) in [6, 6.07) is 4.82. The van der Waals surface area contributed by atoms with Gasteiger partial charge in [-0.3, -0.25) is 4.79 Å². The van der Waals surface area contributed by atoms with Gasteiger partial charge in [0, 0.05) is 26.1 Å². The van der Waals surface area contributed by atoms with Crippen molar-refractivity contribution in [3.8, 4) is 5.75 Å². The van der Waals surface area contributed by atoms with E-state index in [0.717, 1.165) is 23.7 Å². The maximum Gasteiger partial charge on any atom is 0.242 e. The summed E-state index contributed by atoms with van der Waals surface area (Å²) in [5, 5.41) is 6.18. The van der Waals surface area contributed by atoms with Gasteiger partial charge in [-0.2, -0.15) is 0 Å². The highest BCUT2D eigenvalue weighted by atomic mass is 32.2. The molecule has 1 aromatic rings. The molecule has 7 nitrogen and oxygen atoms in total. The first-order valence-corrected chi connectivity index (χ1v) is 9.93. The first-order valence-electron chi connectivity index (χ1n) is 8.49. The summed E-state index contributed by atoms with van der Waals surface area (Å²) in [5.74, 6) is 0.268. The van der Waals surface area contributed by atoms with Gasteiger partial charge in [0.2, 0.25) is 15.9 Å². The number of anilines is 1. The first-order chi connectivity index (χ1) is 11.8. The molecule has 0 bridgehead atoms. The SMILES string of the molecule is CCOc1ccc(S(=O)(=O)N(C)C)cc1NC(=O)[C@H]1CCN[C@@H](C)C1. The predicted octanol–water partition coefficient (Wildman–Crippen LogP) is 1.66. The third kappa shape index (κ3) is 4.71. The molecule has 2 atom stereocenters. The van der Waals surface area contributed by atoms with Crippen molar-refractivity contribution in [1.82, 2.24) is 9.62 Å². The van der Waals surface area contributed by atoms with Crippen LogP contribution < -0.4 is 15.4 Å². The zero-order valence-electron chi connectivity index (χ0n) is 15.2. The van der Waals surface area contributed by atoms with Gasteiger partial charge in [-0.05, 0) is 51.4 Å². The van der Waals surface area contributed by atoms with Gasteiger partial charge in [-0.25, -0.2) is 12.7 Å². The zero-order chi connectivity index (χ0) is 18.6. The Bertz CT molecular complexity index is 719. The molecular weight excluding hydrogens is 342 g/mol. The Labute approximate surface area is 149 Å². The number of carbonyl (C=O) groups is 1. The Hall–Kier alpha value is -1.64. The minimum Gasteiger partial charge on any atom is -0.492 e. The Morgan fingerprint density at radius 2 is 2.12 bits per heavy atom. The highest BCUT2D eigenvalue weighted by Crippen LogP contribution is 2.30. The van der Waals surface area contributed by atoms with Crippen LogP contribution in [0.3, 0.4) is 0 Å². The van der Waals surface area contributed by atoms with Crippen LogP contribution in [-0.4, -0.2) is 51.9 Å². The minimum absolute atomic E-state index is 0.0974. The summed E-state index contributed by atoms with van der Waals surface area (Å²) in [5.41, 5.74) is 0.390. The monoisotopic (exact) mass is 369 g/mol. The van der Waals surface area contributed by atoms with Crippen LogP contribution in [0.25, 0.3) is 0 Å². The third-order valence-corrected chi connectivity index (χ3v) is 6.09. The molecule has 0 aromatic heterocycles. The molecule has 0 spiro atoms. The van der Waals surface area contributed by atoms with E-state index in [-0.39, 0.29) is 22.8 Å². The van der Waals surface area contributed by atoms with E-state index in [4.69, 9.17) is 4.74 Å². The van der Waals surface area contributed by atoms with Crippen LogP contribution in [-0.2, 0) is 14.8 Å². The van der Waals surface area contributed by atoms with Crippen LogP contribution in [0.15, 0.2) is 23.1 Å². The molecule has 1 heterocycles. The fraction of sp³-hybridized carbons (Fsp3) is 0.588. The second-order valence-electron chi connectivity index (χ2n) is 6.44. The summed E-state index contributed by atoms with van der Waals surface area (Å²) in [6.45, 7) is 5.11. The standard InChI is InChI=1S/C17H27N3O4S/c1-5-24-16-7-6-14(25(22,23)20(3)4)11-15(16)19-17(21)13-8-9-18-12(2)10-13/h6-7,11-13,18H,5,8-10H2,1-4H3,(H,19,21)/t12-,13-/m0/s1. The van der Waals surface area contributed by atoms with Gasteiger partial charge in [-0.15, -0.1) is 0 Å². The van der Waals surface area contributed by atoms with E-state index in [1.165, 1.54) is 26.2 Å². The fourth-order valence-electron chi connectivity index (χ4n) is 2.86. The first kappa shape index (κ1) is 19.7. The number of benzene rings is 1. The molecule has 1 fully saturated rings. The third-order valence-electron chi connectivity index (χ3n) is 4.28. The van der Waals surface area contributed by atoms with Crippen molar-refractivity contribution in [3.05, 3.63) is 18.2 Å². The second kappa shape index (κ2) is 8.16. The zero-order valence-corrected chi connectivity index (χ0v) is 16.0. The second-order valence-corrected chi connectivity index (χ2v) is 8.60. The van der Waals surface area contributed by atoms with E-state index in [1.54, 1.807) is 6.07 Å². The number of carbonyl (C=O) groups excluding carboxylic acids is 1. The molecule has 1 saturated heterocycles. The molecule has 1 aliphatic rings. The maximum absolute atomic E-state index is 12.6. The van der Waals surface area contributed by atoms with Crippen LogP contribution in [0, 0.1) is 5.92 Å². The lowest BCUT2D eigenvalue weighted by atomic mass is 9.92. The van der Waals surface area contributed by atoms with Gasteiger partial charge in [-0.1, -0.05) is 0 Å². The van der Waals surface area contributed by atoms with Crippen molar-refractivity contribution in [1.29, 1.82) is 0 Å². The quantitative estimate of drug-likeness (QED) is 0.796. The summed E-state index contributed by atoms with van der Waals surface area (Å²) < 4.78 is 31.4. The fourth-order valence-corrected chi connectivity index (χ4v) is 3.79. The average molecular weight is 369 g/mol. The van der Waals surface area contributed by atoms with Crippen molar-refractivity contribution in [2.75, 3.05) is 32.6 Å². The van der Waals surface area contributed by atoms with Gasteiger partial charge in [0.05, 0.1) is 17.2 Å². The maximum atomic E-state index is 12.6. The molecule has 8 heteroatoms. The van der Waals surface area contributed by atoms with Crippen molar-refractivity contribution in [2.24, 2.45) is 5.92 Å². The molecule has 0 aliphatic carbocycles. The van der Waals surface area contributed by atoms with Gasteiger partial charge < -0.3 is 15.4 Å². The number of nitrogens with one attached hydrogen (secondary N) is 2. The lowest BCUT2D eigenvalue weighted by molar-refractivity contribution is -0.120. The molecule has 25 heavy (non-hydrogen) atoms. The summed E-state index contributed by atoms with van der Waals surface area (Å²) in [4.78, 5) is 12.7. The molecule has 2 N–H and O–H groups in total. The summed E-state index contributed by atoms with van der Waals surface area (Å²) >= 11 is 0. The molecule has 1 aliphatic heterocycles. The summed E-state index contributed by atoms with van der Waals surface area (Å²) in [7, 11) is -0.639. The van der Waals surface area contributed by atoms with Gasteiger partial charge in [0.15, 0.2) is 0 Å². The Balaban J connectivity index is 2.28. The number of hydrogen-bond donors (Lipinski definition) is 2. The molecule has 1 amide bonds. The van der Waals surface area contributed by atoms with E-state index in [9.17, 15) is 13.2 Å². The van der Waals surface area contributed by atoms with E-state index in [2.05, 4.69) is 17.6 Å². The number of ether oxygens (including phenoxy) is 1. The van der Waals surface area contributed by atoms with Gasteiger partial charge in [0.25, 0.3) is 0 Å².